The number of aryl methyl sites for hydroxylation is 1. The number of morpholine rings is 1. The summed E-state index contributed by atoms with van der Waals surface area (Å²) < 4.78 is 11.2. The van der Waals surface area contributed by atoms with Crippen molar-refractivity contribution in [3.8, 4) is 5.75 Å². The lowest BCUT2D eigenvalue weighted by molar-refractivity contribution is 0.00752. The van der Waals surface area contributed by atoms with E-state index in [0.717, 1.165) is 44.6 Å². The van der Waals surface area contributed by atoms with Crippen LogP contribution >= 0.6 is 0 Å². The molecule has 1 aromatic carbocycles. The molecule has 0 spiro atoms. The molecule has 0 amide bonds. The highest BCUT2D eigenvalue weighted by Gasteiger charge is 2.23. The van der Waals surface area contributed by atoms with E-state index in [4.69, 9.17) is 9.47 Å². The van der Waals surface area contributed by atoms with Crippen molar-refractivity contribution in [3.05, 3.63) is 29.8 Å². The van der Waals surface area contributed by atoms with Crippen molar-refractivity contribution >= 4 is 5.96 Å². The molecule has 1 aliphatic rings. The Morgan fingerprint density at radius 3 is 2.50 bits per heavy atom. The summed E-state index contributed by atoms with van der Waals surface area (Å²) >= 11 is 0. The number of benzene rings is 1. The van der Waals surface area contributed by atoms with Crippen molar-refractivity contribution in [2.24, 2.45) is 10.9 Å². The Hall–Kier alpha value is -1.79. The predicted octanol–water partition coefficient (Wildman–Crippen LogP) is 1.90. The van der Waals surface area contributed by atoms with Crippen LogP contribution in [-0.4, -0.2) is 69.9 Å². The zero-order valence-corrected chi connectivity index (χ0v) is 16.6. The van der Waals surface area contributed by atoms with E-state index in [9.17, 15) is 0 Å². The lowest BCUT2D eigenvalue weighted by Crippen LogP contribution is -2.52. The van der Waals surface area contributed by atoms with Gasteiger partial charge in [-0.2, -0.15) is 0 Å². The van der Waals surface area contributed by atoms with Crippen molar-refractivity contribution in [1.29, 1.82) is 0 Å². The Bertz CT molecular complexity index is 539. The molecular weight excluding hydrogens is 328 g/mol. The average Bonchev–Trinajstić information content (AvgIpc) is 2.65. The van der Waals surface area contributed by atoms with Gasteiger partial charge < -0.3 is 20.1 Å². The van der Waals surface area contributed by atoms with Gasteiger partial charge in [0.2, 0.25) is 0 Å². The summed E-state index contributed by atoms with van der Waals surface area (Å²) in [6.07, 6.45) is 0. The third kappa shape index (κ3) is 6.84. The number of rotatable bonds is 8. The Labute approximate surface area is 158 Å². The molecule has 1 aliphatic heterocycles. The molecule has 0 aliphatic carbocycles. The number of ether oxygens (including phenoxy) is 2. The van der Waals surface area contributed by atoms with Crippen molar-refractivity contribution in [1.82, 2.24) is 15.5 Å². The summed E-state index contributed by atoms with van der Waals surface area (Å²) in [5, 5.41) is 6.77. The summed E-state index contributed by atoms with van der Waals surface area (Å²) in [5.41, 5.74) is 1.24. The largest absolute Gasteiger partial charge is 0.492 e. The average molecular weight is 363 g/mol. The van der Waals surface area contributed by atoms with Crippen LogP contribution in [-0.2, 0) is 4.74 Å². The van der Waals surface area contributed by atoms with Crippen LogP contribution in [0.25, 0.3) is 0 Å². The van der Waals surface area contributed by atoms with E-state index in [1.165, 1.54) is 5.56 Å². The van der Waals surface area contributed by atoms with Gasteiger partial charge in [-0.1, -0.05) is 31.5 Å². The smallest absolute Gasteiger partial charge is 0.191 e. The quantitative estimate of drug-likeness (QED) is 0.420. The van der Waals surface area contributed by atoms with Gasteiger partial charge in [0, 0.05) is 32.7 Å². The fourth-order valence-electron chi connectivity index (χ4n) is 3.09. The molecule has 26 heavy (non-hydrogen) atoms. The van der Waals surface area contributed by atoms with Crippen molar-refractivity contribution in [2.75, 3.05) is 53.0 Å². The first-order valence-electron chi connectivity index (χ1n) is 9.56. The molecule has 1 unspecified atom stereocenters. The molecule has 1 aromatic rings. The van der Waals surface area contributed by atoms with Gasteiger partial charge in [-0.05, 0) is 25.0 Å². The normalized spacial score (nSPS) is 17.2. The predicted molar refractivity (Wildman–Crippen MR) is 107 cm³/mol. The lowest BCUT2D eigenvalue weighted by atomic mass is 10.0. The number of nitrogens with zero attached hydrogens (tertiary/aromatic N) is 2. The summed E-state index contributed by atoms with van der Waals surface area (Å²) in [6, 6.07) is 8.58. The van der Waals surface area contributed by atoms with Crippen LogP contribution in [0, 0.1) is 12.8 Å². The highest BCUT2D eigenvalue weighted by atomic mass is 16.5. The van der Waals surface area contributed by atoms with E-state index in [0.29, 0.717) is 25.1 Å². The van der Waals surface area contributed by atoms with Gasteiger partial charge in [0.15, 0.2) is 5.96 Å². The SMILES string of the molecule is CN=C(NCCOc1ccc(C)cc1)NCC(C(C)C)N1CCOCC1. The minimum absolute atomic E-state index is 0.473. The first-order chi connectivity index (χ1) is 12.6. The number of nitrogens with one attached hydrogen (secondary N) is 2. The molecule has 0 saturated carbocycles. The van der Waals surface area contributed by atoms with Crippen LogP contribution < -0.4 is 15.4 Å². The van der Waals surface area contributed by atoms with Crippen LogP contribution in [0.1, 0.15) is 19.4 Å². The van der Waals surface area contributed by atoms with Crippen molar-refractivity contribution in [2.45, 2.75) is 26.8 Å². The van der Waals surface area contributed by atoms with E-state index in [2.05, 4.69) is 53.4 Å². The third-order valence-electron chi connectivity index (χ3n) is 4.67. The summed E-state index contributed by atoms with van der Waals surface area (Å²) in [7, 11) is 1.80. The van der Waals surface area contributed by atoms with Gasteiger partial charge in [0.25, 0.3) is 0 Å². The van der Waals surface area contributed by atoms with E-state index < -0.39 is 0 Å². The standard InChI is InChI=1S/C20H34N4O2/c1-16(2)19(24-10-13-25-14-11-24)15-23-20(21-4)22-9-12-26-18-7-5-17(3)6-8-18/h5-8,16,19H,9-15H2,1-4H3,(H2,21,22,23). The Balaban J connectivity index is 1.71. The van der Waals surface area contributed by atoms with Gasteiger partial charge in [-0.3, -0.25) is 9.89 Å². The minimum Gasteiger partial charge on any atom is -0.492 e. The summed E-state index contributed by atoms with van der Waals surface area (Å²) in [5.74, 6) is 2.28. The Morgan fingerprint density at radius 2 is 1.88 bits per heavy atom. The minimum atomic E-state index is 0.473. The zero-order chi connectivity index (χ0) is 18.8. The molecular formula is C20H34N4O2. The molecule has 6 nitrogen and oxygen atoms in total. The van der Waals surface area contributed by atoms with Crippen LogP contribution in [0.5, 0.6) is 5.75 Å². The molecule has 1 saturated heterocycles. The van der Waals surface area contributed by atoms with Crippen LogP contribution in [0.15, 0.2) is 29.3 Å². The second-order valence-electron chi connectivity index (χ2n) is 7.00. The van der Waals surface area contributed by atoms with Crippen LogP contribution in [0.2, 0.25) is 0 Å². The molecule has 6 heteroatoms. The molecule has 1 fully saturated rings. The van der Waals surface area contributed by atoms with E-state index in [1.807, 2.05) is 12.1 Å². The zero-order valence-electron chi connectivity index (χ0n) is 16.6. The molecule has 0 radical (unpaired) electrons. The molecule has 146 valence electrons. The molecule has 2 rings (SSSR count). The summed E-state index contributed by atoms with van der Waals surface area (Å²) in [4.78, 5) is 6.83. The topological polar surface area (TPSA) is 58.1 Å². The second-order valence-corrected chi connectivity index (χ2v) is 7.00. The third-order valence-corrected chi connectivity index (χ3v) is 4.67. The first-order valence-corrected chi connectivity index (χ1v) is 9.56. The highest BCUT2D eigenvalue weighted by molar-refractivity contribution is 5.79. The number of guanidine groups is 1. The second kappa shape index (κ2) is 11.0. The molecule has 0 aromatic heterocycles. The molecule has 1 atom stereocenters. The van der Waals surface area contributed by atoms with Crippen molar-refractivity contribution < 1.29 is 9.47 Å². The maximum Gasteiger partial charge on any atom is 0.191 e. The van der Waals surface area contributed by atoms with Gasteiger partial charge in [0.1, 0.15) is 12.4 Å². The molecule has 2 N–H and O–H groups in total. The maximum absolute atomic E-state index is 5.75. The number of aliphatic imine (C=N–C) groups is 1. The molecule has 1 heterocycles. The Morgan fingerprint density at radius 1 is 1.19 bits per heavy atom. The Kier molecular flexibility index (Phi) is 8.71. The van der Waals surface area contributed by atoms with Crippen LogP contribution in [0.3, 0.4) is 0 Å². The monoisotopic (exact) mass is 362 g/mol. The van der Waals surface area contributed by atoms with E-state index in [1.54, 1.807) is 7.05 Å². The first kappa shape index (κ1) is 20.5. The number of hydrogen-bond donors (Lipinski definition) is 2. The van der Waals surface area contributed by atoms with E-state index >= 15 is 0 Å². The van der Waals surface area contributed by atoms with Gasteiger partial charge in [-0.25, -0.2) is 0 Å². The summed E-state index contributed by atoms with van der Waals surface area (Å²) in [6.45, 7) is 12.4. The van der Waals surface area contributed by atoms with Gasteiger partial charge >= 0.3 is 0 Å². The van der Waals surface area contributed by atoms with E-state index in [-0.39, 0.29) is 0 Å². The van der Waals surface area contributed by atoms with Crippen LogP contribution in [0.4, 0.5) is 0 Å². The lowest BCUT2D eigenvalue weighted by Gasteiger charge is -2.37. The van der Waals surface area contributed by atoms with Gasteiger partial charge in [-0.15, -0.1) is 0 Å². The van der Waals surface area contributed by atoms with Gasteiger partial charge in [0.05, 0.1) is 19.8 Å². The maximum atomic E-state index is 5.75. The number of hydrogen-bond acceptors (Lipinski definition) is 4. The fourth-order valence-corrected chi connectivity index (χ4v) is 3.09. The fraction of sp³-hybridized carbons (Fsp3) is 0.650. The molecule has 0 bridgehead atoms. The van der Waals surface area contributed by atoms with Crippen molar-refractivity contribution in [3.63, 3.8) is 0 Å². The highest BCUT2D eigenvalue weighted by Crippen LogP contribution is 2.12.